The molecule has 2 heterocycles. The number of amides is 1. The molecule has 2 aromatic rings. The van der Waals surface area contributed by atoms with Crippen molar-refractivity contribution < 1.29 is 4.79 Å². The first-order valence-electron chi connectivity index (χ1n) is 9.59. The van der Waals surface area contributed by atoms with E-state index >= 15 is 0 Å². The molecule has 0 N–H and O–H groups in total. The van der Waals surface area contributed by atoms with Crippen molar-refractivity contribution in [2.24, 2.45) is 5.92 Å². The van der Waals surface area contributed by atoms with Crippen molar-refractivity contribution in [3.63, 3.8) is 0 Å². The van der Waals surface area contributed by atoms with E-state index in [1.54, 1.807) is 18.3 Å². The van der Waals surface area contributed by atoms with E-state index in [0.29, 0.717) is 0 Å². The maximum Gasteiger partial charge on any atom is 0.224 e. The summed E-state index contributed by atoms with van der Waals surface area (Å²) in [5.74, 6) is 1.00. The van der Waals surface area contributed by atoms with Gasteiger partial charge in [0.25, 0.3) is 0 Å². The lowest BCUT2D eigenvalue weighted by Crippen LogP contribution is -2.55. The molecule has 4 rings (SSSR count). The number of carbonyl (C=O) groups excluding carboxylic acids is 1. The summed E-state index contributed by atoms with van der Waals surface area (Å²) in [7, 11) is 0. The van der Waals surface area contributed by atoms with Gasteiger partial charge in [-0.1, -0.05) is 18.2 Å². The van der Waals surface area contributed by atoms with Crippen LogP contribution in [0.4, 0.5) is 5.69 Å². The van der Waals surface area contributed by atoms with Gasteiger partial charge in [0.15, 0.2) is 0 Å². The molecule has 0 atom stereocenters. The van der Waals surface area contributed by atoms with E-state index in [0.717, 1.165) is 48.2 Å². The summed E-state index contributed by atoms with van der Waals surface area (Å²) >= 11 is 1.70. The number of aromatic nitrogens is 1. The van der Waals surface area contributed by atoms with E-state index in [-0.39, 0.29) is 11.4 Å². The molecule has 1 saturated carbocycles. The second-order valence-corrected chi connectivity index (χ2v) is 8.62. The SMILES string of the molecule is CC(=O)N(c1ccccc1)C1(c2nc(C)cs2)CCN(CC2CC2)CC1. The molecular weight excluding hydrogens is 342 g/mol. The Kier molecular flexibility index (Phi) is 4.84. The molecule has 1 saturated heterocycles. The summed E-state index contributed by atoms with van der Waals surface area (Å²) in [5, 5.41) is 3.19. The van der Waals surface area contributed by atoms with E-state index in [2.05, 4.69) is 10.3 Å². The molecule has 1 aliphatic carbocycles. The Bertz CT molecular complexity index is 761. The largest absolute Gasteiger partial charge is 0.303 e. The van der Waals surface area contributed by atoms with Crippen LogP contribution < -0.4 is 4.90 Å². The molecule has 0 unspecified atom stereocenters. The molecule has 0 bridgehead atoms. The molecule has 26 heavy (non-hydrogen) atoms. The first-order valence-corrected chi connectivity index (χ1v) is 10.5. The summed E-state index contributed by atoms with van der Waals surface area (Å²) in [6.07, 6.45) is 4.66. The molecule has 2 fully saturated rings. The van der Waals surface area contributed by atoms with Gasteiger partial charge in [-0.25, -0.2) is 4.98 Å². The second-order valence-electron chi connectivity index (χ2n) is 7.76. The zero-order valence-electron chi connectivity index (χ0n) is 15.6. The van der Waals surface area contributed by atoms with E-state index < -0.39 is 0 Å². The first-order chi connectivity index (χ1) is 12.6. The van der Waals surface area contributed by atoms with Crippen molar-refractivity contribution in [3.8, 4) is 0 Å². The van der Waals surface area contributed by atoms with E-state index in [4.69, 9.17) is 4.98 Å². The third-order valence-electron chi connectivity index (χ3n) is 5.67. The van der Waals surface area contributed by atoms with Gasteiger partial charge >= 0.3 is 0 Å². The summed E-state index contributed by atoms with van der Waals surface area (Å²) in [4.78, 5) is 22.2. The number of likely N-dealkylation sites (tertiary alicyclic amines) is 1. The lowest BCUT2D eigenvalue weighted by Gasteiger charge is -2.47. The highest BCUT2D eigenvalue weighted by atomic mass is 32.1. The lowest BCUT2D eigenvalue weighted by atomic mass is 9.85. The van der Waals surface area contributed by atoms with Gasteiger partial charge in [-0.2, -0.15) is 0 Å². The Morgan fingerprint density at radius 1 is 1.27 bits per heavy atom. The van der Waals surface area contributed by atoms with Crippen LogP contribution in [-0.2, 0) is 10.3 Å². The minimum atomic E-state index is -0.327. The Morgan fingerprint density at radius 3 is 2.50 bits per heavy atom. The Balaban J connectivity index is 1.69. The molecule has 1 amide bonds. The van der Waals surface area contributed by atoms with Gasteiger partial charge < -0.3 is 4.90 Å². The van der Waals surface area contributed by atoms with Crippen LogP contribution in [0, 0.1) is 12.8 Å². The number of para-hydroxylation sites is 1. The highest BCUT2D eigenvalue weighted by molar-refractivity contribution is 7.09. The van der Waals surface area contributed by atoms with Gasteiger partial charge in [-0.3, -0.25) is 9.69 Å². The lowest BCUT2D eigenvalue weighted by molar-refractivity contribution is -0.118. The van der Waals surface area contributed by atoms with Gasteiger partial charge in [0.2, 0.25) is 5.91 Å². The molecule has 138 valence electrons. The maximum absolute atomic E-state index is 12.8. The first kappa shape index (κ1) is 17.7. The van der Waals surface area contributed by atoms with Gasteiger partial charge in [0.1, 0.15) is 10.5 Å². The number of rotatable bonds is 5. The zero-order valence-corrected chi connectivity index (χ0v) is 16.5. The monoisotopic (exact) mass is 369 g/mol. The summed E-state index contributed by atoms with van der Waals surface area (Å²) in [5.41, 5.74) is 1.69. The molecule has 1 aromatic heterocycles. The van der Waals surface area contributed by atoms with Crippen LogP contribution in [0.5, 0.6) is 0 Å². The van der Waals surface area contributed by atoms with Crippen molar-refractivity contribution in [2.75, 3.05) is 24.5 Å². The average Bonchev–Trinajstić information content (AvgIpc) is 3.34. The predicted molar refractivity (Wildman–Crippen MR) is 107 cm³/mol. The van der Waals surface area contributed by atoms with Crippen LogP contribution in [0.15, 0.2) is 35.7 Å². The number of anilines is 1. The number of piperidine rings is 1. The van der Waals surface area contributed by atoms with Gasteiger partial charge in [-0.15, -0.1) is 11.3 Å². The third kappa shape index (κ3) is 3.42. The normalized spacial score (nSPS) is 20.1. The summed E-state index contributed by atoms with van der Waals surface area (Å²) in [6, 6.07) is 10.1. The number of benzene rings is 1. The quantitative estimate of drug-likeness (QED) is 0.792. The minimum Gasteiger partial charge on any atom is -0.303 e. The van der Waals surface area contributed by atoms with Crippen LogP contribution in [0.3, 0.4) is 0 Å². The molecule has 4 nitrogen and oxygen atoms in total. The minimum absolute atomic E-state index is 0.0969. The molecule has 0 radical (unpaired) electrons. The number of nitrogens with zero attached hydrogens (tertiary/aromatic N) is 3. The van der Waals surface area contributed by atoms with E-state index in [1.165, 1.54) is 19.4 Å². The molecule has 1 aliphatic heterocycles. The molecule has 5 heteroatoms. The standard InChI is InChI=1S/C21H27N3OS/c1-16-15-26-20(22-16)21(10-12-23(13-11-21)14-18-8-9-18)24(17(2)25)19-6-4-3-5-7-19/h3-7,15,18H,8-14H2,1-2H3. The molecule has 2 aliphatic rings. The molecular formula is C21H27N3OS. The van der Waals surface area contributed by atoms with Crippen LogP contribution in [0.1, 0.15) is 43.3 Å². The van der Waals surface area contributed by atoms with Crippen molar-refractivity contribution in [2.45, 2.75) is 45.1 Å². The Labute approximate surface area is 159 Å². The Hall–Kier alpha value is -1.72. The zero-order chi connectivity index (χ0) is 18.1. The second kappa shape index (κ2) is 7.12. The maximum atomic E-state index is 12.8. The number of aryl methyl sites for hydroxylation is 1. The smallest absolute Gasteiger partial charge is 0.224 e. The van der Waals surface area contributed by atoms with Crippen LogP contribution >= 0.6 is 11.3 Å². The number of hydrogen-bond donors (Lipinski definition) is 0. The van der Waals surface area contributed by atoms with E-state index in [9.17, 15) is 4.79 Å². The van der Waals surface area contributed by atoms with Gasteiger partial charge in [0.05, 0.1) is 0 Å². The number of hydrogen-bond acceptors (Lipinski definition) is 4. The van der Waals surface area contributed by atoms with Crippen LogP contribution in [0.2, 0.25) is 0 Å². The molecule has 1 aromatic carbocycles. The topological polar surface area (TPSA) is 36.4 Å². The van der Waals surface area contributed by atoms with Crippen molar-refractivity contribution in [1.29, 1.82) is 0 Å². The highest BCUT2D eigenvalue weighted by Crippen LogP contribution is 2.43. The van der Waals surface area contributed by atoms with Crippen LogP contribution in [-0.4, -0.2) is 35.4 Å². The summed E-state index contributed by atoms with van der Waals surface area (Å²) in [6.45, 7) is 7.01. The summed E-state index contributed by atoms with van der Waals surface area (Å²) < 4.78 is 0. The van der Waals surface area contributed by atoms with Gasteiger partial charge in [-0.05, 0) is 50.7 Å². The fourth-order valence-electron chi connectivity index (χ4n) is 4.18. The Morgan fingerprint density at radius 2 is 1.96 bits per heavy atom. The van der Waals surface area contributed by atoms with Gasteiger partial charge in [0, 0.05) is 43.3 Å². The highest BCUT2D eigenvalue weighted by Gasteiger charge is 2.46. The van der Waals surface area contributed by atoms with Crippen molar-refractivity contribution >= 4 is 22.9 Å². The number of carbonyl (C=O) groups is 1. The fourth-order valence-corrected chi connectivity index (χ4v) is 5.23. The average molecular weight is 370 g/mol. The van der Waals surface area contributed by atoms with Crippen molar-refractivity contribution in [3.05, 3.63) is 46.4 Å². The predicted octanol–water partition coefficient (Wildman–Crippen LogP) is 4.21. The molecule has 0 spiro atoms. The van der Waals surface area contributed by atoms with Crippen LogP contribution in [0.25, 0.3) is 0 Å². The fraction of sp³-hybridized carbons (Fsp3) is 0.524. The van der Waals surface area contributed by atoms with E-state index in [1.807, 2.05) is 42.2 Å². The van der Waals surface area contributed by atoms with Crippen molar-refractivity contribution in [1.82, 2.24) is 9.88 Å². The third-order valence-corrected chi connectivity index (χ3v) is 6.82. The number of thiazole rings is 1.